The maximum atomic E-state index is 11.2. The van der Waals surface area contributed by atoms with Crippen LogP contribution in [0.3, 0.4) is 0 Å². The van der Waals surface area contributed by atoms with Gasteiger partial charge in [-0.25, -0.2) is 4.79 Å². The third-order valence-electron chi connectivity index (χ3n) is 3.18. The van der Waals surface area contributed by atoms with Crippen molar-refractivity contribution in [2.24, 2.45) is 0 Å². The van der Waals surface area contributed by atoms with Crippen LogP contribution in [0.15, 0.2) is 54.6 Å². The number of amides is 2. The summed E-state index contributed by atoms with van der Waals surface area (Å²) < 4.78 is 0. The molecule has 2 rings (SSSR count). The summed E-state index contributed by atoms with van der Waals surface area (Å²) in [6.45, 7) is 0.928. The molecule has 0 heterocycles. The number of hydrogen-bond acceptors (Lipinski definition) is 2. The van der Waals surface area contributed by atoms with Crippen LogP contribution in [0.25, 0.3) is 0 Å². The zero-order chi connectivity index (χ0) is 14.9. The molecule has 0 fully saturated rings. The Labute approximate surface area is 125 Å². The maximum absolute atomic E-state index is 11.2. The molecule has 2 amide bonds. The summed E-state index contributed by atoms with van der Waals surface area (Å²) in [5, 5.41) is 8.63. The number of anilines is 2. The molecule has 110 valence electrons. The van der Waals surface area contributed by atoms with E-state index in [1.165, 1.54) is 5.56 Å². The summed E-state index contributed by atoms with van der Waals surface area (Å²) in [5.74, 6) is 0. The van der Waals surface area contributed by atoms with Crippen LogP contribution in [0, 0.1) is 0 Å². The SMILES string of the molecule is CNC(=O)Nc1ccc(NCCCc2ccccc2)cc1. The highest BCUT2D eigenvalue weighted by molar-refractivity contribution is 5.89. The van der Waals surface area contributed by atoms with Crippen LogP contribution >= 0.6 is 0 Å². The molecular formula is C17H21N3O. The van der Waals surface area contributed by atoms with E-state index >= 15 is 0 Å². The van der Waals surface area contributed by atoms with E-state index in [9.17, 15) is 4.79 Å². The van der Waals surface area contributed by atoms with Gasteiger partial charge in [-0.15, -0.1) is 0 Å². The number of hydrogen-bond donors (Lipinski definition) is 3. The molecule has 0 bridgehead atoms. The van der Waals surface area contributed by atoms with Gasteiger partial charge < -0.3 is 16.0 Å². The van der Waals surface area contributed by atoms with Gasteiger partial charge in [-0.2, -0.15) is 0 Å². The summed E-state index contributed by atoms with van der Waals surface area (Å²) in [7, 11) is 1.60. The van der Waals surface area contributed by atoms with Crippen LogP contribution in [-0.4, -0.2) is 19.6 Å². The van der Waals surface area contributed by atoms with Crippen molar-refractivity contribution in [1.82, 2.24) is 5.32 Å². The number of benzene rings is 2. The van der Waals surface area contributed by atoms with Gasteiger partial charge in [-0.3, -0.25) is 0 Å². The van der Waals surface area contributed by atoms with E-state index in [0.29, 0.717) is 0 Å². The maximum Gasteiger partial charge on any atom is 0.318 e. The minimum absolute atomic E-state index is 0.210. The molecular weight excluding hydrogens is 262 g/mol. The van der Waals surface area contributed by atoms with Crippen molar-refractivity contribution in [1.29, 1.82) is 0 Å². The smallest absolute Gasteiger partial charge is 0.318 e. The van der Waals surface area contributed by atoms with Gasteiger partial charge in [-0.05, 0) is 42.7 Å². The molecule has 3 N–H and O–H groups in total. The topological polar surface area (TPSA) is 53.2 Å². The quantitative estimate of drug-likeness (QED) is 0.711. The lowest BCUT2D eigenvalue weighted by atomic mass is 10.1. The fourth-order valence-electron chi connectivity index (χ4n) is 2.03. The first-order valence-corrected chi connectivity index (χ1v) is 7.14. The Morgan fingerprint density at radius 3 is 2.29 bits per heavy atom. The van der Waals surface area contributed by atoms with Gasteiger partial charge in [0, 0.05) is 25.0 Å². The first-order valence-electron chi connectivity index (χ1n) is 7.14. The monoisotopic (exact) mass is 283 g/mol. The van der Waals surface area contributed by atoms with Gasteiger partial charge in [0.05, 0.1) is 0 Å². The summed E-state index contributed by atoms with van der Waals surface area (Å²) in [6.07, 6.45) is 2.16. The lowest BCUT2D eigenvalue weighted by molar-refractivity contribution is 0.254. The molecule has 0 saturated heterocycles. The van der Waals surface area contributed by atoms with Crippen LogP contribution in [0.2, 0.25) is 0 Å². The van der Waals surface area contributed by atoms with E-state index in [0.717, 1.165) is 30.8 Å². The predicted octanol–water partition coefficient (Wildman–Crippen LogP) is 3.48. The van der Waals surface area contributed by atoms with E-state index in [2.05, 4.69) is 40.2 Å². The fraction of sp³-hybridized carbons (Fsp3) is 0.235. The highest BCUT2D eigenvalue weighted by atomic mass is 16.2. The van der Waals surface area contributed by atoms with Crippen molar-refractivity contribution >= 4 is 17.4 Å². The predicted molar refractivity (Wildman–Crippen MR) is 87.8 cm³/mol. The van der Waals surface area contributed by atoms with Crippen molar-refractivity contribution in [3.63, 3.8) is 0 Å². The normalized spacial score (nSPS) is 9.95. The fourth-order valence-corrected chi connectivity index (χ4v) is 2.03. The molecule has 0 atom stereocenters. The number of urea groups is 1. The minimum Gasteiger partial charge on any atom is -0.385 e. The zero-order valence-corrected chi connectivity index (χ0v) is 12.2. The Morgan fingerprint density at radius 1 is 0.952 bits per heavy atom. The second kappa shape index (κ2) is 7.94. The largest absolute Gasteiger partial charge is 0.385 e. The highest BCUT2D eigenvalue weighted by Gasteiger charge is 1.98. The Hall–Kier alpha value is -2.49. The number of nitrogens with one attached hydrogen (secondary N) is 3. The molecule has 0 aliphatic heterocycles. The summed E-state index contributed by atoms with van der Waals surface area (Å²) in [4.78, 5) is 11.2. The van der Waals surface area contributed by atoms with Crippen LogP contribution in [0.4, 0.5) is 16.2 Å². The Balaban J connectivity index is 1.72. The first-order chi connectivity index (χ1) is 10.3. The minimum atomic E-state index is -0.210. The van der Waals surface area contributed by atoms with E-state index in [-0.39, 0.29) is 6.03 Å². The molecule has 2 aromatic carbocycles. The second-order valence-electron chi connectivity index (χ2n) is 4.80. The van der Waals surface area contributed by atoms with Crippen LogP contribution in [0.5, 0.6) is 0 Å². The van der Waals surface area contributed by atoms with E-state index in [4.69, 9.17) is 0 Å². The standard InChI is InChI=1S/C17H21N3O/c1-18-17(21)20-16-11-9-15(10-12-16)19-13-5-8-14-6-3-2-4-7-14/h2-4,6-7,9-12,19H,5,8,13H2,1H3,(H2,18,20,21). The van der Waals surface area contributed by atoms with Crippen LogP contribution in [-0.2, 0) is 6.42 Å². The summed E-state index contributed by atoms with van der Waals surface area (Å²) in [5.41, 5.74) is 3.21. The molecule has 2 aromatic rings. The Bertz CT molecular complexity index is 552. The molecule has 0 saturated carbocycles. The molecule has 0 unspecified atom stereocenters. The van der Waals surface area contributed by atoms with Crippen molar-refractivity contribution in [3.05, 3.63) is 60.2 Å². The molecule has 21 heavy (non-hydrogen) atoms. The average Bonchev–Trinajstić information content (AvgIpc) is 2.54. The van der Waals surface area contributed by atoms with Crippen molar-refractivity contribution < 1.29 is 4.79 Å². The summed E-state index contributed by atoms with van der Waals surface area (Å²) >= 11 is 0. The third-order valence-corrected chi connectivity index (χ3v) is 3.18. The van der Waals surface area contributed by atoms with Gasteiger partial charge in [0.15, 0.2) is 0 Å². The van der Waals surface area contributed by atoms with Crippen molar-refractivity contribution in [2.75, 3.05) is 24.2 Å². The molecule has 0 aliphatic carbocycles. The van der Waals surface area contributed by atoms with Crippen molar-refractivity contribution in [2.45, 2.75) is 12.8 Å². The first kappa shape index (κ1) is 14.9. The number of carbonyl (C=O) groups is 1. The van der Waals surface area contributed by atoms with Crippen LogP contribution in [0.1, 0.15) is 12.0 Å². The van der Waals surface area contributed by atoms with Gasteiger partial charge >= 0.3 is 6.03 Å². The molecule has 0 aromatic heterocycles. The molecule has 4 nitrogen and oxygen atoms in total. The number of aryl methyl sites for hydroxylation is 1. The third kappa shape index (κ3) is 5.18. The Morgan fingerprint density at radius 2 is 1.62 bits per heavy atom. The van der Waals surface area contributed by atoms with Gasteiger partial charge in [0.2, 0.25) is 0 Å². The van der Waals surface area contributed by atoms with Gasteiger partial charge in [0.1, 0.15) is 0 Å². The molecule has 0 aliphatic rings. The van der Waals surface area contributed by atoms with E-state index < -0.39 is 0 Å². The average molecular weight is 283 g/mol. The number of carbonyl (C=O) groups excluding carboxylic acids is 1. The zero-order valence-electron chi connectivity index (χ0n) is 12.2. The van der Waals surface area contributed by atoms with Crippen LogP contribution < -0.4 is 16.0 Å². The lowest BCUT2D eigenvalue weighted by Crippen LogP contribution is -2.24. The Kier molecular flexibility index (Phi) is 5.64. The second-order valence-corrected chi connectivity index (χ2v) is 4.80. The highest BCUT2D eigenvalue weighted by Crippen LogP contribution is 2.13. The van der Waals surface area contributed by atoms with E-state index in [1.807, 2.05) is 30.3 Å². The number of rotatable bonds is 6. The van der Waals surface area contributed by atoms with Gasteiger partial charge in [-0.1, -0.05) is 30.3 Å². The summed E-state index contributed by atoms with van der Waals surface area (Å²) in [6, 6.07) is 18.0. The van der Waals surface area contributed by atoms with Crippen molar-refractivity contribution in [3.8, 4) is 0 Å². The molecule has 0 spiro atoms. The molecule has 4 heteroatoms. The van der Waals surface area contributed by atoms with E-state index in [1.54, 1.807) is 7.05 Å². The lowest BCUT2D eigenvalue weighted by Gasteiger charge is -2.08. The molecule has 0 radical (unpaired) electrons. The van der Waals surface area contributed by atoms with Gasteiger partial charge in [0.25, 0.3) is 0 Å².